The zero-order valence-corrected chi connectivity index (χ0v) is 13.4. The number of halogens is 1. The summed E-state index contributed by atoms with van der Waals surface area (Å²) in [5.41, 5.74) is 8.76. The fourth-order valence-electron chi connectivity index (χ4n) is 1.97. The summed E-state index contributed by atoms with van der Waals surface area (Å²) in [7, 11) is -1.97. The Bertz CT molecular complexity index is 668. The van der Waals surface area contributed by atoms with E-state index in [4.69, 9.17) is 5.73 Å². The van der Waals surface area contributed by atoms with Crippen molar-refractivity contribution in [2.45, 2.75) is 11.3 Å². The number of hydrogen-bond donors (Lipinski definition) is 2. The average Bonchev–Trinajstić information content (AvgIpc) is 2.48. The van der Waals surface area contributed by atoms with Crippen molar-refractivity contribution in [3.63, 3.8) is 0 Å². The van der Waals surface area contributed by atoms with Gasteiger partial charge in [-0.05, 0) is 48.8 Å². The predicted octanol–water partition coefficient (Wildman–Crippen LogP) is 2.18. The highest BCUT2D eigenvalue weighted by Gasteiger charge is 2.10. The maximum atomic E-state index is 11.6. The van der Waals surface area contributed by atoms with Crippen LogP contribution in [0.15, 0.2) is 53.4 Å². The average molecular weight is 327 g/mol. The van der Waals surface area contributed by atoms with Gasteiger partial charge in [-0.1, -0.05) is 36.4 Å². The summed E-state index contributed by atoms with van der Waals surface area (Å²) in [6.07, 6.45) is 0.861. The molecule has 0 aromatic heterocycles. The largest absolute Gasteiger partial charge is 0.330 e. The maximum absolute atomic E-state index is 11.6. The Kier molecular flexibility index (Phi) is 6.36. The quantitative estimate of drug-likeness (QED) is 0.884. The van der Waals surface area contributed by atoms with Crippen LogP contribution >= 0.6 is 12.4 Å². The molecule has 2 aromatic carbocycles. The molecule has 0 aliphatic carbocycles. The summed E-state index contributed by atoms with van der Waals surface area (Å²) >= 11 is 0. The van der Waals surface area contributed by atoms with Gasteiger partial charge in [-0.15, -0.1) is 12.4 Å². The Morgan fingerprint density at radius 3 is 1.86 bits per heavy atom. The van der Waals surface area contributed by atoms with E-state index < -0.39 is 10.0 Å². The lowest BCUT2D eigenvalue weighted by atomic mass is 10.0. The molecule has 0 bridgehead atoms. The normalized spacial score (nSPS) is 11.0. The van der Waals surface area contributed by atoms with E-state index in [0.29, 0.717) is 6.54 Å². The number of hydrogen-bond acceptors (Lipinski definition) is 3. The third-order valence-corrected chi connectivity index (χ3v) is 4.58. The van der Waals surface area contributed by atoms with Gasteiger partial charge in [0.25, 0.3) is 0 Å². The van der Waals surface area contributed by atoms with Gasteiger partial charge in [0.15, 0.2) is 0 Å². The van der Waals surface area contributed by atoms with Gasteiger partial charge in [-0.2, -0.15) is 0 Å². The van der Waals surface area contributed by atoms with Crippen LogP contribution in [-0.2, 0) is 16.4 Å². The molecule has 4 nitrogen and oxygen atoms in total. The molecule has 0 spiro atoms. The first-order chi connectivity index (χ1) is 9.56. The second kappa shape index (κ2) is 7.56. The topological polar surface area (TPSA) is 72.2 Å². The SMILES string of the molecule is CNS(=O)(=O)c1ccc(-c2ccc(CCN)cc2)cc1.Cl. The van der Waals surface area contributed by atoms with Gasteiger partial charge in [0, 0.05) is 0 Å². The standard InChI is InChI=1S/C15H18N2O2S.ClH/c1-17-20(18,19)15-8-6-14(7-9-15)13-4-2-12(3-5-13)10-11-16;/h2-9,17H,10-11,16H2,1H3;1H. The molecular weight excluding hydrogens is 308 g/mol. The Morgan fingerprint density at radius 2 is 1.43 bits per heavy atom. The zero-order valence-electron chi connectivity index (χ0n) is 11.7. The Morgan fingerprint density at radius 1 is 0.952 bits per heavy atom. The molecule has 2 rings (SSSR count). The van der Waals surface area contributed by atoms with Crippen LogP contribution < -0.4 is 10.5 Å². The van der Waals surface area contributed by atoms with Crippen molar-refractivity contribution >= 4 is 22.4 Å². The lowest BCUT2D eigenvalue weighted by molar-refractivity contribution is 0.588. The van der Waals surface area contributed by atoms with Crippen LogP contribution in [-0.4, -0.2) is 22.0 Å². The molecule has 0 aliphatic heterocycles. The second-order valence-electron chi connectivity index (χ2n) is 4.47. The molecule has 0 aliphatic rings. The summed E-state index contributed by atoms with van der Waals surface area (Å²) in [5.74, 6) is 0. The minimum atomic E-state index is -3.38. The highest BCUT2D eigenvalue weighted by Crippen LogP contribution is 2.21. The van der Waals surface area contributed by atoms with Crippen LogP contribution in [0.2, 0.25) is 0 Å². The molecule has 21 heavy (non-hydrogen) atoms. The first-order valence-electron chi connectivity index (χ1n) is 6.40. The Balaban J connectivity index is 0.00000220. The van der Waals surface area contributed by atoms with Crippen LogP contribution in [0.1, 0.15) is 5.56 Å². The molecule has 0 saturated heterocycles. The van der Waals surface area contributed by atoms with E-state index in [0.717, 1.165) is 17.5 Å². The third kappa shape index (κ3) is 4.28. The minimum Gasteiger partial charge on any atom is -0.330 e. The monoisotopic (exact) mass is 326 g/mol. The van der Waals surface area contributed by atoms with E-state index in [1.54, 1.807) is 12.1 Å². The van der Waals surface area contributed by atoms with E-state index in [-0.39, 0.29) is 17.3 Å². The highest BCUT2D eigenvalue weighted by molar-refractivity contribution is 7.89. The molecular formula is C15H19ClN2O2S. The van der Waals surface area contributed by atoms with Gasteiger partial charge in [0.05, 0.1) is 4.90 Å². The summed E-state index contributed by atoms with van der Waals surface area (Å²) < 4.78 is 25.6. The minimum absolute atomic E-state index is 0. The molecule has 3 N–H and O–H groups in total. The molecule has 0 fully saturated rings. The molecule has 0 atom stereocenters. The molecule has 0 unspecified atom stereocenters. The summed E-state index contributed by atoms with van der Waals surface area (Å²) in [6.45, 7) is 0.635. The van der Waals surface area contributed by atoms with Gasteiger partial charge < -0.3 is 5.73 Å². The molecule has 114 valence electrons. The van der Waals surface area contributed by atoms with Gasteiger partial charge in [0.2, 0.25) is 10.0 Å². The number of nitrogens with two attached hydrogens (primary N) is 1. The molecule has 0 radical (unpaired) electrons. The van der Waals surface area contributed by atoms with Gasteiger partial charge >= 0.3 is 0 Å². The van der Waals surface area contributed by atoms with Gasteiger partial charge in [-0.3, -0.25) is 0 Å². The van der Waals surface area contributed by atoms with Crippen molar-refractivity contribution in [1.29, 1.82) is 0 Å². The van der Waals surface area contributed by atoms with Crippen LogP contribution in [0.4, 0.5) is 0 Å². The Labute approximate surface area is 131 Å². The van der Waals surface area contributed by atoms with E-state index in [1.165, 1.54) is 12.6 Å². The van der Waals surface area contributed by atoms with E-state index in [1.807, 2.05) is 36.4 Å². The van der Waals surface area contributed by atoms with Crippen LogP contribution in [0, 0.1) is 0 Å². The maximum Gasteiger partial charge on any atom is 0.240 e. The molecule has 6 heteroatoms. The van der Waals surface area contributed by atoms with E-state index >= 15 is 0 Å². The van der Waals surface area contributed by atoms with Gasteiger partial charge in [-0.25, -0.2) is 13.1 Å². The van der Waals surface area contributed by atoms with E-state index in [9.17, 15) is 8.42 Å². The summed E-state index contributed by atoms with van der Waals surface area (Å²) in [5, 5.41) is 0. The zero-order chi connectivity index (χ0) is 14.6. The lowest BCUT2D eigenvalue weighted by Crippen LogP contribution is -2.18. The smallest absolute Gasteiger partial charge is 0.240 e. The molecule has 2 aromatic rings. The fourth-order valence-corrected chi connectivity index (χ4v) is 2.71. The van der Waals surface area contributed by atoms with Crippen molar-refractivity contribution in [3.8, 4) is 11.1 Å². The fraction of sp³-hybridized carbons (Fsp3) is 0.200. The molecule has 0 heterocycles. The Hall–Kier alpha value is -1.40. The number of sulfonamides is 1. The van der Waals surface area contributed by atoms with Crippen molar-refractivity contribution in [2.24, 2.45) is 5.73 Å². The first-order valence-corrected chi connectivity index (χ1v) is 7.88. The number of benzene rings is 2. The van der Waals surface area contributed by atoms with E-state index in [2.05, 4.69) is 4.72 Å². The number of rotatable bonds is 5. The summed E-state index contributed by atoms with van der Waals surface area (Å²) in [4.78, 5) is 0.267. The molecule has 0 amide bonds. The van der Waals surface area contributed by atoms with Gasteiger partial charge in [0.1, 0.15) is 0 Å². The van der Waals surface area contributed by atoms with Crippen molar-refractivity contribution in [1.82, 2.24) is 4.72 Å². The van der Waals surface area contributed by atoms with Crippen LogP contribution in [0.25, 0.3) is 11.1 Å². The first kappa shape index (κ1) is 17.7. The lowest BCUT2D eigenvalue weighted by Gasteiger charge is -2.06. The van der Waals surface area contributed by atoms with Crippen LogP contribution in [0.3, 0.4) is 0 Å². The predicted molar refractivity (Wildman–Crippen MR) is 88.1 cm³/mol. The second-order valence-corrected chi connectivity index (χ2v) is 6.35. The third-order valence-electron chi connectivity index (χ3n) is 3.15. The molecule has 0 saturated carbocycles. The van der Waals surface area contributed by atoms with Crippen molar-refractivity contribution in [3.05, 3.63) is 54.1 Å². The summed E-state index contributed by atoms with van der Waals surface area (Å²) in [6, 6.07) is 15.0. The van der Waals surface area contributed by atoms with Crippen molar-refractivity contribution < 1.29 is 8.42 Å². The van der Waals surface area contributed by atoms with Crippen molar-refractivity contribution in [2.75, 3.05) is 13.6 Å². The highest BCUT2D eigenvalue weighted by atomic mass is 35.5. The number of nitrogens with one attached hydrogen (secondary N) is 1. The van der Waals surface area contributed by atoms with Crippen LogP contribution in [0.5, 0.6) is 0 Å².